The SMILES string of the molecule is c1ccc(-c2c(-c3ccccc3)c3cc(-c4cccc(N(c5ccccc5)c5cccc6c5c5ccccc5n6-c5ccccc5)c4)ccc3c3ccccc23)cc1. The van der Waals surface area contributed by atoms with Gasteiger partial charge in [0.1, 0.15) is 0 Å². The van der Waals surface area contributed by atoms with Crippen molar-refractivity contribution in [1.29, 1.82) is 0 Å². The largest absolute Gasteiger partial charge is 0.310 e. The number of anilines is 3. The van der Waals surface area contributed by atoms with E-state index in [1.807, 2.05) is 0 Å². The maximum Gasteiger partial charge on any atom is 0.0562 e. The lowest BCUT2D eigenvalue weighted by atomic mass is 9.84. The average molecular weight is 739 g/mol. The summed E-state index contributed by atoms with van der Waals surface area (Å²) in [4.78, 5) is 2.42. The Kier molecular flexibility index (Phi) is 8.19. The van der Waals surface area contributed by atoms with Crippen molar-refractivity contribution >= 4 is 60.4 Å². The second-order valence-electron chi connectivity index (χ2n) is 14.9. The molecule has 0 radical (unpaired) electrons. The Morgan fingerprint density at radius 2 is 0.793 bits per heavy atom. The average Bonchev–Trinajstić information content (AvgIpc) is 3.65. The fraction of sp³-hybridized carbons (Fsp3) is 0. The summed E-state index contributed by atoms with van der Waals surface area (Å²) in [7, 11) is 0. The van der Waals surface area contributed by atoms with Crippen LogP contribution >= 0.6 is 0 Å². The first kappa shape index (κ1) is 33.6. The number of hydrogen-bond acceptors (Lipinski definition) is 1. The molecule has 58 heavy (non-hydrogen) atoms. The Hall–Kier alpha value is -7.68. The maximum atomic E-state index is 2.42. The summed E-state index contributed by atoms with van der Waals surface area (Å²) in [5.74, 6) is 0. The van der Waals surface area contributed by atoms with E-state index in [1.165, 1.54) is 71.2 Å². The molecule has 11 rings (SSSR count). The van der Waals surface area contributed by atoms with Crippen molar-refractivity contribution in [2.45, 2.75) is 0 Å². The van der Waals surface area contributed by atoms with E-state index in [2.05, 4.69) is 240 Å². The van der Waals surface area contributed by atoms with Gasteiger partial charge in [-0.3, -0.25) is 0 Å². The molecule has 2 heteroatoms. The third-order valence-electron chi connectivity index (χ3n) is 11.5. The highest BCUT2D eigenvalue weighted by Gasteiger charge is 2.22. The van der Waals surface area contributed by atoms with Gasteiger partial charge in [0.2, 0.25) is 0 Å². The monoisotopic (exact) mass is 738 g/mol. The maximum absolute atomic E-state index is 2.42. The van der Waals surface area contributed by atoms with Crippen LogP contribution in [0.3, 0.4) is 0 Å². The van der Waals surface area contributed by atoms with E-state index < -0.39 is 0 Å². The number of nitrogens with zero attached hydrogens (tertiary/aromatic N) is 2. The van der Waals surface area contributed by atoms with Gasteiger partial charge in [0.15, 0.2) is 0 Å². The molecule has 0 N–H and O–H groups in total. The van der Waals surface area contributed by atoms with Crippen LogP contribution in [0.1, 0.15) is 0 Å². The van der Waals surface area contributed by atoms with E-state index in [9.17, 15) is 0 Å². The summed E-state index contributed by atoms with van der Waals surface area (Å²) < 4.78 is 2.39. The fourth-order valence-corrected chi connectivity index (χ4v) is 9.05. The summed E-state index contributed by atoms with van der Waals surface area (Å²) in [5, 5.41) is 7.45. The number of hydrogen-bond donors (Lipinski definition) is 0. The number of benzene rings is 10. The third kappa shape index (κ3) is 5.57. The Balaban J connectivity index is 1.14. The zero-order valence-corrected chi connectivity index (χ0v) is 31.8. The van der Waals surface area contributed by atoms with Crippen molar-refractivity contribution < 1.29 is 0 Å². The molecule has 11 aromatic rings. The topological polar surface area (TPSA) is 8.17 Å². The van der Waals surface area contributed by atoms with Gasteiger partial charge in [0, 0.05) is 27.8 Å². The minimum atomic E-state index is 1.10. The molecule has 0 saturated heterocycles. The van der Waals surface area contributed by atoms with Gasteiger partial charge in [-0.05, 0) is 116 Å². The molecule has 0 aliphatic carbocycles. The molecule has 1 aromatic heterocycles. The van der Waals surface area contributed by atoms with Gasteiger partial charge in [0.25, 0.3) is 0 Å². The van der Waals surface area contributed by atoms with Gasteiger partial charge in [-0.25, -0.2) is 0 Å². The van der Waals surface area contributed by atoms with Crippen LogP contribution in [0.2, 0.25) is 0 Å². The molecule has 10 aromatic carbocycles. The van der Waals surface area contributed by atoms with Gasteiger partial charge in [-0.15, -0.1) is 0 Å². The lowest BCUT2D eigenvalue weighted by Gasteiger charge is -2.27. The van der Waals surface area contributed by atoms with Crippen LogP contribution in [0.25, 0.3) is 82.4 Å². The Labute approximate surface area is 338 Å². The van der Waals surface area contributed by atoms with Crippen molar-refractivity contribution in [3.8, 4) is 39.1 Å². The molecule has 2 nitrogen and oxygen atoms in total. The first-order chi connectivity index (χ1) is 28.8. The zero-order valence-electron chi connectivity index (χ0n) is 31.8. The highest BCUT2D eigenvalue weighted by atomic mass is 15.1. The molecule has 0 aliphatic rings. The summed E-state index contributed by atoms with van der Waals surface area (Å²) in [6.45, 7) is 0. The predicted molar refractivity (Wildman–Crippen MR) is 247 cm³/mol. The van der Waals surface area contributed by atoms with Gasteiger partial charge in [0.05, 0.1) is 16.7 Å². The van der Waals surface area contributed by atoms with Crippen molar-refractivity contribution in [2.24, 2.45) is 0 Å². The van der Waals surface area contributed by atoms with Crippen LogP contribution in [0.4, 0.5) is 17.1 Å². The van der Waals surface area contributed by atoms with Crippen molar-refractivity contribution in [3.05, 3.63) is 231 Å². The van der Waals surface area contributed by atoms with Crippen molar-refractivity contribution in [3.63, 3.8) is 0 Å². The number of rotatable bonds is 7. The normalized spacial score (nSPS) is 11.4. The standard InChI is InChI=1S/C56H38N2/c1-5-19-39(20-6-1)54-48-30-14-13-29-46(48)47-36-35-42(38-50(47)55(54)40-21-7-2-8-22-40)41-23-17-28-45(37-41)57(43-24-9-3-10-25-43)52-33-18-34-53-56(52)49-31-15-16-32-51(49)58(53)44-26-11-4-12-27-44/h1-38H. The molecule has 0 fully saturated rings. The molecule has 0 aliphatic heterocycles. The summed E-state index contributed by atoms with van der Waals surface area (Å²) in [6.07, 6.45) is 0. The van der Waals surface area contributed by atoms with Gasteiger partial charge < -0.3 is 9.47 Å². The molecule has 0 spiro atoms. The number of para-hydroxylation sites is 3. The van der Waals surface area contributed by atoms with E-state index in [0.29, 0.717) is 0 Å². The molecule has 1 heterocycles. The number of aromatic nitrogens is 1. The minimum Gasteiger partial charge on any atom is -0.310 e. The van der Waals surface area contributed by atoms with Crippen molar-refractivity contribution in [2.75, 3.05) is 4.90 Å². The van der Waals surface area contributed by atoms with Crippen molar-refractivity contribution in [1.82, 2.24) is 4.57 Å². The van der Waals surface area contributed by atoms with E-state index in [-0.39, 0.29) is 0 Å². The molecule has 272 valence electrons. The van der Waals surface area contributed by atoms with Gasteiger partial charge in [-0.1, -0.05) is 170 Å². The lowest BCUT2D eigenvalue weighted by Crippen LogP contribution is -2.10. The van der Waals surface area contributed by atoms with E-state index in [1.54, 1.807) is 0 Å². The van der Waals surface area contributed by atoms with Crippen LogP contribution in [0, 0.1) is 0 Å². The van der Waals surface area contributed by atoms with Crippen LogP contribution < -0.4 is 4.90 Å². The molecule has 0 amide bonds. The fourth-order valence-electron chi connectivity index (χ4n) is 9.05. The highest BCUT2D eigenvalue weighted by molar-refractivity contribution is 6.22. The predicted octanol–water partition coefficient (Wildman–Crippen LogP) is 15.6. The highest BCUT2D eigenvalue weighted by Crippen LogP contribution is 2.47. The Morgan fingerprint density at radius 3 is 1.52 bits per heavy atom. The zero-order chi connectivity index (χ0) is 38.4. The molecular formula is C56H38N2. The summed E-state index contributed by atoms with van der Waals surface area (Å²) >= 11 is 0. The molecule has 0 unspecified atom stereocenters. The molecule has 0 atom stereocenters. The van der Waals surface area contributed by atoms with Crippen LogP contribution in [0.5, 0.6) is 0 Å². The molecule has 0 saturated carbocycles. The summed E-state index contributed by atoms with van der Waals surface area (Å²) in [6, 6.07) is 83.6. The third-order valence-corrected chi connectivity index (χ3v) is 11.5. The van der Waals surface area contributed by atoms with Gasteiger partial charge in [-0.2, -0.15) is 0 Å². The van der Waals surface area contributed by atoms with Gasteiger partial charge >= 0.3 is 0 Å². The van der Waals surface area contributed by atoms with Crippen LogP contribution in [0.15, 0.2) is 231 Å². The first-order valence-corrected chi connectivity index (χ1v) is 19.9. The summed E-state index contributed by atoms with van der Waals surface area (Å²) in [5.41, 5.74) is 14.1. The van der Waals surface area contributed by atoms with E-state index in [4.69, 9.17) is 0 Å². The smallest absolute Gasteiger partial charge is 0.0562 e. The first-order valence-electron chi connectivity index (χ1n) is 19.9. The van der Waals surface area contributed by atoms with Crippen LogP contribution in [-0.4, -0.2) is 4.57 Å². The lowest BCUT2D eigenvalue weighted by molar-refractivity contribution is 1.18. The molecule has 0 bridgehead atoms. The van der Waals surface area contributed by atoms with E-state index >= 15 is 0 Å². The minimum absolute atomic E-state index is 1.10. The number of fused-ring (bicyclic) bond motifs is 6. The quantitative estimate of drug-likeness (QED) is 0.148. The van der Waals surface area contributed by atoms with Crippen LogP contribution in [-0.2, 0) is 0 Å². The Morgan fingerprint density at radius 1 is 0.293 bits per heavy atom. The Bertz CT molecular complexity index is 3260. The van der Waals surface area contributed by atoms with E-state index in [0.717, 1.165) is 28.3 Å². The second kappa shape index (κ2) is 14.1. The second-order valence-corrected chi connectivity index (χ2v) is 14.9. The molecular weight excluding hydrogens is 701 g/mol.